The van der Waals surface area contributed by atoms with Crippen LogP contribution in [0.1, 0.15) is 113 Å². The lowest BCUT2D eigenvalue weighted by Gasteiger charge is -2.24. The number of hydrogen-bond donors (Lipinski definition) is 0. The molecule has 0 aliphatic carbocycles. The number of benzene rings is 10. The summed E-state index contributed by atoms with van der Waals surface area (Å²) in [6.45, 7) is 13.9. The zero-order chi connectivity index (χ0) is 49.6. The van der Waals surface area contributed by atoms with E-state index in [2.05, 4.69) is 224 Å². The summed E-state index contributed by atoms with van der Waals surface area (Å²) in [5.74, 6) is 0. The average Bonchev–Trinajstić information content (AvgIpc) is 3.41. The van der Waals surface area contributed by atoms with Crippen molar-refractivity contribution in [1.82, 2.24) is 0 Å². The monoisotopic (exact) mass is 937 g/mol. The second-order valence-corrected chi connectivity index (χ2v) is 20.3. The van der Waals surface area contributed by atoms with Crippen LogP contribution in [0.25, 0.3) is 99.1 Å². The summed E-state index contributed by atoms with van der Waals surface area (Å²) in [7, 11) is 0. The molecule has 0 nitrogen and oxygen atoms in total. The third-order valence-electron chi connectivity index (χ3n) is 15.3. The normalized spacial score (nSPS) is 11.6. The Morgan fingerprint density at radius 1 is 0.181 bits per heavy atom. The Hall–Kier alpha value is -7.02. The van der Waals surface area contributed by atoms with Gasteiger partial charge in [0, 0.05) is 0 Å². The fraction of sp³-hybridized carbons (Fsp3) is 0.250. The van der Waals surface area contributed by atoms with Crippen LogP contribution < -0.4 is 0 Å². The molecule has 0 N–H and O–H groups in total. The summed E-state index contributed by atoms with van der Waals surface area (Å²) in [5, 5.41) is 7.86. The predicted molar refractivity (Wildman–Crippen MR) is 316 cm³/mol. The molecule has 72 heavy (non-hydrogen) atoms. The van der Waals surface area contributed by atoms with Crippen molar-refractivity contribution in [2.75, 3.05) is 0 Å². The highest BCUT2D eigenvalue weighted by atomic mass is 14.3. The molecule has 0 radical (unpaired) electrons. The van der Waals surface area contributed by atoms with Crippen LogP contribution in [0.15, 0.2) is 182 Å². The van der Waals surface area contributed by atoms with Crippen LogP contribution in [0.3, 0.4) is 0 Å². The summed E-state index contributed by atoms with van der Waals surface area (Å²) >= 11 is 0. The fourth-order valence-electron chi connectivity index (χ4n) is 12.1. The largest absolute Gasteiger partial charge is 0.0651 e. The molecule has 0 aromatic heterocycles. The van der Waals surface area contributed by atoms with E-state index < -0.39 is 0 Å². The van der Waals surface area contributed by atoms with E-state index in [0.717, 1.165) is 77.0 Å². The van der Waals surface area contributed by atoms with Gasteiger partial charge in [-0.05, 0) is 207 Å². The molecule has 0 fully saturated rings. The van der Waals surface area contributed by atoms with E-state index in [0.29, 0.717) is 0 Å². The molecular formula is C72H72. The maximum Gasteiger partial charge on any atom is -0.00921 e. The number of hydrogen-bond acceptors (Lipinski definition) is 0. The molecule has 0 saturated heterocycles. The molecule has 0 unspecified atom stereocenters. The van der Waals surface area contributed by atoms with Crippen LogP contribution >= 0.6 is 0 Å². The lowest BCUT2D eigenvalue weighted by Crippen LogP contribution is -1.99. The first-order chi connectivity index (χ1) is 35.5. The lowest BCUT2D eigenvalue weighted by atomic mass is 9.80. The summed E-state index contributed by atoms with van der Waals surface area (Å²) in [6.07, 6.45) is 12.7. The minimum atomic E-state index is 1.03. The average molecular weight is 937 g/mol. The topological polar surface area (TPSA) is 0 Å². The van der Waals surface area contributed by atoms with Gasteiger partial charge in [0.2, 0.25) is 0 Å². The van der Waals surface area contributed by atoms with Gasteiger partial charge in [-0.1, -0.05) is 226 Å². The zero-order valence-electron chi connectivity index (χ0n) is 43.8. The molecule has 0 amide bonds. The van der Waals surface area contributed by atoms with Gasteiger partial charge in [-0.3, -0.25) is 0 Å². The molecule has 0 spiro atoms. The van der Waals surface area contributed by atoms with Crippen LogP contribution in [0.4, 0.5) is 0 Å². The van der Waals surface area contributed by atoms with Crippen LogP contribution in [-0.4, -0.2) is 0 Å². The molecule has 0 aliphatic heterocycles. The summed E-state index contributed by atoms with van der Waals surface area (Å²) in [6, 6.07) is 71.1. The molecule has 0 aliphatic rings. The summed E-state index contributed by atoms with van der Waals surface area (Å²) in [5.41, 5.74) is 24.4. The highest BCUT2D eigenvalue weighted by molar-refractivity contribution is 6.29. The Morgan fingerprint density at radius 3 is 0.458 bits per heavy atom. The molecule has 0 heterocycles. The maximum atomic E-state index is 2.62. The Kier molecular flexibility index (Phi) is 15.0. The van der Waals surface area contributed by atoms with Crippen LogP contribution in [0.5, 0.6) is 0 Å². The van der Waals surface area contributed by atoms with E-state index in [9.17, 15) is 0 Å². The van der Waals surface area contributed by atoms with E-state index in [-0.39, 0.29) is 0 Å². The van der Waals surface area contributed by atoms with Crippen molar-refractivity contribution in [3.05, 3.63) is 215 Å². The molecule has 10 aromatic rings. The smallest absolute Gasteiger partial charge is 0.00921 e. The zero-order valence-corrected chi connectivity index (χ0v) is 43.8. The number of rotatable bonds is 18. The van der Waals surface area contributed by atoms with Gasteiger partial charge < -0.3 is 0 Å². The summed E-state index contributed by atoms with van der Waals surface area (Å²) < 4.78 is 0. The van der Waals surface area contributed by atoms with E-state index in [1.54, 1.807) is 0 Å². The van der Waals surface area contributed by atoms with Gasteiger partial charge in [-0.2, -0.15) is 0 Å². The molecular weight excluding hydrogens is 865 g/mol. The van der Waals surface area contributed by atoms with Crippen molar-refractivity contribution < 1.29 is 0 Å². The minimum Gasteiger partial charge on any atom is -0.0651 e. The van der Waals surface area contributed by atoms with Crippen molar-refractivity contribution >= 4 is 32.3 Å². The Bertz CT molecular complexity index is 2910. The van der Waals surface area contributed by atoms with Gasteiger partial charge >= 0.3 is 0 Å². The standard InChI is InChI=1S/C72H72/c1-7-25-49-31-13-19-37-55(49)61-43-67-68(44-62(61)56-38-20-14-32-50(56)26-8-2)70-46-64(58-40-22-16-34-52(58)28-10-4)66(60-42-24-18-36-54(60)30-12-6)48-72(70)71-47-65(59-41-23-17-35-53(59)29-11-5)63(45-69(67)71)57-39-21-15-33-51(57)27-9-3/h13-24,31-48H,7-12,25-30H2,1-6H3. The molecule has 0 bridgehead atoms. The molecule has 10 rings (SSSR count). The van der Waals surface area contributed by atoms with Gasteiger partial charge in [0.1, 0.15) is 0 Å². The highest BCUT2D eigenvalue weighted by Crippen LogP contribution is 2.50. The molecule has 0 atom stereocenters. The van der Waals surface area contributed by atoms with Gasteiger partial charge in [-0.15, -0.1) is 0 Å². The van der Waals surface area contributed by atoms with E-state index in [1.165, 1.54) is 132 Å². The molecule has 10 aromatic carbocycles. The van der Waals surface area contributed by atoms with Gasteiger partial charge in [-0.25, -0.2) is 0 Å². The lowest BCUT2D eigenvalue weighted by molar-refractivity contribution is 0.922. The molecule has 360 valence electrons. The Labute approximate surface area is 430 Å². The van der Waals surface area contributed by atoms with Crippen LogP contribution in [-0.2, 0) is 38.5 Å². The number of fused-ring (bicyclic) bond motifs is 6. The SMILES string of the molecule is CCCc1ccccc1-c1cc2c3cc(-c4ccccc4CCC)c(-c4ccccc4CCC)cc3c3cc(-c4ccccc4CCC)c(-c4ccccc4CCC)cc3c2cc1-c1ccccc1CCC. The van der Waals surface area contributed by atoms with Gasteiger partial charge in [0.25, 0.3) is 0 Å². The fourth-order valence-corrected chi connectivity index (χ4v) is 12.1. The Balaban J connectivity index is 1.47. The summed E-state index contributed by atoms with van der Waals surface area (Å²) in [4.78, 5) is 0. The second kappa shape index (κ2) is 22.2. The predicted octanol–water partition coefficient (Wildman–Crippen LogP) is 20.9. The van der Waals surface area contributed by atoms with E-state index >= 15 is 0 Å². The van der Waals surface area contributed by atoms with Crippen LogP contribution in [0, 0.1) is 0 Å². The third-order valence-corrected chi connectivity index (χ3v) is 15.3. The van der Waals surface area contributed by atoms with E-state index in [1.807, 2.05) is 0 Å². The van der Waals surface area contributed by atoms with Crippen molar-refractivity contribution in [3.8, 4) is 66.8 Å². The highest BCUT2D eigenvalue weighted by Gasteiger charge is 2.24. The maximum absolute atomic E-state index is 2.62. The quantitative estimate of drug-likeness (QED) is 0.0752. The van der Waals surface area contributed by atoms with Crippen molar-refractivity contribution in [2.45, 2.75) is 119 Å². The molecule has 0 saturated carbocycles. The minimum absolute atomic E-state index is 1.03. The van der Waals surface area contributed by atoms with Crippen molar-refractivity contribution in [1.29, 1.82) is 0 Å². The first kappa shape index (κ1) is 48.6. The third kappa shape index (κ3) is 9.34. The van der Waals surface area contributed by atoms with Crippen molar-refractivity contribution in [2.24, 2.45) is 0 Å². The first-order valence-electron chi connectivity index (χ1n) is 27.5. The van der Waals surface area contributed by atoms with Crippen LogP contribution in [0.2, 0.25) is 0 Å². The van der Waals surface area contributed by atoms with E-state index in [4.69, 9.17) is 0 Å². The number of aryl methyl sites for hydroxylation is 6. The van der Waals surface area contributed by atoms with Gasteiger partial charge in [0.15, 0.2) is 0 Å². The first-order valence-corrected chi connectivity index (χ1v) is 27.5. The second-order valence-electron chi connectivity index (χ2n) is 20.3. The Morgan fingerprint density at radius 2 is 0.319 bits per heavy atom. The molecule has 0 heteroatoms. The van der Waals surface area contributed by atoms with Crippen molar-refractivity contribution in [3.63, 3.8) is 0 Å². The van der Waals surface area contributed by atoms with Gasteiger partial charge in [0.05, 0.1) is 0 Å².